The molecule has 0 aliphatic carbocycles. The fourth-order valence-electron chi connectivity index (χ4n) is 0.458. The van der Waals surface area contributed by atoms with Crippen molar-refractivity contribution in [3.63, 3.8) is 0 Å². The van der Waals surface area contributed by atoms with Crippen LogP contribution in [0, 0.1) is 0 Å². The number of hydrogen-bond acceptors (Lipinski definition) is 4. The highest BCUT2D eigenvalue weighted by Gasteiger charge is 2.11. The average molecular weight is 288 g/mol. The second-order valence-electron chi connectivity index (χ2n) is 2.97. The first-order valence-electron chi connectivity index (χ1n) is 3.75. The van der Waals surface area contributed by atoms with Crippen LogP contribution in [0.5, 0.6) is 0 Å². The fraction of sp³-hybridized carbons (Fsp3) is 1.00. The molecule has 0 bridgehead atoms. The minimum atomic E-state index is -3.47. The number of rotatable bonds is 4. The van der Waals surface area contributed by atoms with Gasteiger partial charge in [-0.3, -0.25) is 0 Å². The lowest BCUT2D eigenvalue weighted by atomic mass is 10.9. The molecule has 0 unspecified atom stereocenters. The summed E-state index contributed by atoms with van der Waals surface area (Å²) in [5.41, 5.74) is 0. The zero-order valence-electron chi connectivity index (χ0n) is 8.53. The van der Waals surface area contributed by atoms with Crippen LogP contribution in [-0.2, 0) is 19.7 Å². The lowest BCUT2D eigenvalue weighted by Gasteiger charge is -1.92. The number of alkyl halides is 4. The molecule has 0 aliphatic heterocycles. The van der Waals surface area contributed by atoms with Crippen LogP contribution in [0.2, 0.25) is 0 Å². The van der Waals surface area contributed by atoms with E-state index < -0.39 is 44.0 Å². The minimum absolute atomic E-state index is 0.777. The van der Waals surface area contributed by atoms with Gasteiger partial charge in [-0.15, -0.1) is 0 Å². The van der Waals surface area contributed by atoms with Gasteiger partial charge < -0.3 is 0 Å². The third-order valence-electron chi connectivity index (χ3n) is 0.857. The van der Waals surface area contributed by atoms with Crippen LogP contribution < -0.4 is 0 Å². The summed E-state index contributed by atoms with van der Waals surface area (Å²) in [4.78, 5) is 0. The highest BCUT2D eigenvalue weighted by atomic mass is 32.2. The second kappa shape index (κ2) is 7.05. The summed E-state index contributed by atoms with van der Waals surface area (Å²) in [6, 6.07) is 0. The molecule has 0 atom stereocenters. The summed E-state index contributed by atoms with van der Waals surface area (Å²) < 4.78 is 84.5. The molecule has 0 spiro atoms. The van der Waals surface area contributed by atoms with Gasteiger partial charge in [0.1, 0.15) is 11.5 Å². The largest absolute Gasteiger partial charge is 0.252 e. The lowest BCUT2D eigenvalue weighted by Crippen LogP contribution is -2.10. The van der Waals surface area contributed by atoms with Crippen LogP contribution in [0.15, 0.2) is 0 Å². The van der Waals surface area contributed by atoms with Gasteiger partial charge in [-0.25, -0.2) is 34.4 Å². The van der Waals surface area contributed by atoms with Crippen molar-refractivity contribution in [2.24, 2.45) is 0 Å². The summed E-state index contributed by atoms with van der Waals surface area (Å²) >= 11 is 0. The molecular weight excluding hydrogens is 276 g/mol. The molecule has 100 valence electrons. The van der Waals surface area contributed by atoms with Crippen molar-refractivity contribution in [2.45, 2.75) is 12.9 Å². The molecule has 16 heavy (non-hydrogen) atoms. The molecular formula is C6H12F4O4S2. The Balaban J connectivity index is 0. The van der Waals surface area contributed by atoms with Crippen LogP contribution in [0.1, 0.15) is 0 Å². The normalized spacial score (nSPS) is 12.5. The molecule has 4 nitrogen and oxygen atoms in total. The molecule has 0 heterocycles. The zero-order chi connectivity index (χ0) is 13.6. The van der Waals surface area contributed by atoms with E-state index in [0.717, 1.165) is 12.5 Å². The quantitative estimate of drug-likeness (QED) is 0.710. The zero-order valence-corrected chi connectivity index (χ0v) is 10.2. The van der Waals surface area contributed by atoms with E-state index in [-0.39, 0.29) is 0 Å². The Hall–Kier alpha value is -0.380. The smallest absolute Gasteiger partial charge is 0.229 e. The minimum Gasteiger partial charge on any atom is -0.229 e. The first-order valence-corrected chi connectivity index (χ1v) is 7.87. The van der Waals surface area contributed by atoms with Crippen LogP contribution in [0.3, 0.4) is 0 Å². The standard InChI is InChI=1S/2C3H6F2O2S/c2*1-8(6,7)2-3(4)5/h2*3H,2H2,1H3. The van der Waals surface area contributed by atoms with Gasteiger partial charge in [0.15, 0.2) is 19.7 Å². The summed E-state index contributed by atoms with van der Waals surface area (Å²) in [7, 11) is -6.95. The van der Waals surface area contributed by atoms with Gasteiger partial charge in [0.2, 0.25) is 0 Å². The molecule has 0 saturated carbocycles. The van der Waals surface area contributed by atoms with Crippen molar-refractivity contribution in [1.82, 2.24) is 0 Å². The van der Waals surface area contributed by atoms with Crippen LogP contribution in [-0.4, -0.2) is 53.7 Å². The van der Waals surface area contributed by atoms with Crippen LogP contribution >= 0.6 is 0 Å². The summed E-state index contributed by atoms with van der Waals surface area (Å²) in [5, 5.41) is 0. The van der Waals surface area contributed by atoms with E-state index in [2.05, 4.69) is 0 Å². The highest BCUT2D eigenvalue weighted by Crippen LogP contribution is 1.96. The van der Waals surface area contributed by atoms with Gasteiger partial charge in [-0.1, -0.05) is 0 Å². The molecule has 0 saturated heterocycles. The topological polar surface area (TPSA) is 68.3 Å². The molecule has 0 aromatic rings. The van der Waals surface area contributed by atoms with Crippen molar-refractivity contribution in [2.75, 3.05) is 24.0 Å². The first-order chi connectivity index (χ1) is 6.83. The molecule has 0 aliphatic rings. The Morgan fingerprint density at radius 2 is 0.938 bits per heavy atom. The Morgan fingerprint density at radius 3 is 0.938 bits per heavy atom. The number of hydrogen-bond donors (Lipinski definition) is 0. The Labute approximate surface area is 91.5 Å². The lowest BCUT2D eigenvalue weighted by molar-refractivity contribution is 0.173. The van der Waals surface area contributed by atoms with Gasteiger partial charge in [0.05, 0.1) is 0 Å². The Bertz CT molecular complexity index is 335. The third kappa shape index (κ3) is 23.4. The second-order valence-corrected chi connectivity index (χ2v) is 7.34. The fourth-order valence-corrected chi connectivity index (χ4v) is 1.37. The number of halogens is 4. The van der Waals surface area contributed by atoms with Crippen LogP contribution in [0.4, 0.5) is 17.6 Å². The Morgan fingerprint density at radius 1 is 0.750 bits per heavy atom. The summed E-state index contributed by atoms with van der Waals surface area (Å²) in [5.74, 6) is -2.07. The van der Waals surface area contributed by atoms with Crippen molar-refractivity contribution in [3.05, 3.63) is 0 Å². The van der Waals surface area contributed by atoms with Gasteiger partial charge >= 0.3 is 0 Å². The molecule has 0 amide bonds. The Kier molecular flexibility index (Phi) is 7.93. The van der Waals surface area contributed by atoms with Crippen LogP contribution in [0.25, 0.3) is 0 Å². The van der Waals surface area contributed by atoms with Gasteiger partial charge in [-0.05, 0) is 0 Å². The highest BCUT2D eigenvalue weighted by molar-refractivity contribution is 7.90. The maximum atomic E-state index is 11.2. The average Bonchev–Trinajstić information content (AvgIpc) is 1.72. The van der Waals surface area contributed by atoms with E-state index in [4.69, 9.17) is 0 Å². The molecule has 0 rings (SSSR count). The predicted octanol–water partition coefficient (Wildman–Crippen LogP) is 0.592. The first kappa shape index (κ1) is 18.0. The van der Waals surface area contributed by atoms with Gasteiger partial charge in [0.25, 0.3) is 12.9 Å². The maximum absolute atomic E-state index is 11.2. The summed E-state index contributed by atoms with van der Waals surface area (Å²) in [6.45, 7) is 0. The monoisotopic (exact) mass is 288 g/mol. The third-order valence-corrected chi connectivity index (χ3v) is 2.57. The predicted molar refractivity (Wildman–Crippen MR) is 51.4 cm³/mol. The SMILES string of the molecule is CS(=O)(=O)CC(F)F.CS(=O)(=O)CC(F)F. The molecule has 10 heteroatoms. The van der Waals surface area contributed by atoms with E-state index >= 15 is 0 Å². The van der Waals surface area contributed by atoms with Crippen molar-refractivity contribution >= 4 is 19.7 Å². The van der Waals surface area contributed by atoms with E-state index in [9.17, 15) is 34.4 Å². The molecule has 0 aromatic carbocycles. The van der Waals surface area contributed by atoms with Crippen molar-refractivity contribution < 1.29 is 34.4 Å². The maximum Gasteiger partial charge on any atom is 0.252 e. The van der Waals surface area contributed by atoms with Crippen molar-refractivity contribution in [1.29, 1.82) is 0 Å². The van der Waals surface area contributed by atoms with Gasteiger partial charge in [-0.2, -0.15) is 0 Å². The molecule has 0 aromatic heterocycles. The van der Waals surface area contributed by atoms with E-state index in [1.54, 1.807) is 0 Å². The van der Waals surface area contributed by atoms with Crippen molar-refractivity contribution in [3.8, 4) is 0 Å². The van der Waals surface area contributed by atoms with Gasteiger partial charge in [0, 0.05) is 12.5 Å². The number of sulfone groups is 2. The molecule has 0 N–H and O–H groups in total. The molecule has 0 radical (unpaired) electrons. The van der Waals surface area contributed by atoms with E-state index in [1.165, 1.54) is 0 Å². The van der Waals surface area contributed by atoms with E-state index in [1.807, 2.05) is 0 Å². The summed E-state index contributed by atoms with van der Waals surface area (Å²) in [6.07, 6.45) is -3.94. The van der Waals surface area contributed by atoms with E-state index in [0.29, 0.717) is 0 Å². The molecule has 0 fully saturated rings.